The Hall–Kier alpha value is -2.86. The highest BCUT2D eigenvalue weighted by atomic mass is 79.9. The maximum absolute atomic E-state index is 5.73. The number of aromatic nitrogens is 3. The predicted molar refractivity (Wildman–Crippen MR) is 117 cm³/mol. The summed E-state index contributed by atoms with van der Waals surface area (Å²) in [6, 6.07) is 15.2. The van der Waals surface area contributed by atoms with Crippen molar-refractivity contribution in [1.29, 1.82) is 0 Å². The standard InChI is InChI=1S/C23H19BrN4O/c24-16-12-25-23(26-13-16)28-9-7-18-17-3-1-2-4-19(17)27-21(18)22(28)15-5-6-20-14(11-15)8-10-29-20/h1-6,11-13,22,27H,7-10H2. The zero-order valence-electron chi connectivity index (χ0n) is 15.7. The molecule has 4 aromatic rings. The van der Waals surface area contributed by atoms with Crippen LogP contribution in [0.15, 0.2) is 59.3 Å². The van der Waals surface area contributed by atoms with Crippen LogP contribution in [0.3, 0.4) is 0 Å². The molecule has 1 unspecified atom stereocenters. The minimum absolute atomic E-state index is 0.0400. The van der Waals surface area contributed by atoms with Gasteiger partial charge in [0.1, 0.15) is 5.75 Å². The van der Waals surface area contributed by atoms with Gasteiger partial charge in [0.15, 0.2) is 0 Å². The number of hydrogen-bond acceptors (Lipinski definition) is 4. The molecule has 2 aromatic carbocycles. The highest BCUT2D eigenvalue weighted by Crippen LogP contribution is 2.41. The average Bonchev–Trinajstić information content (AvgIpc) is 3.37. The van der Waals surface area contributed by atoms with Gasteiger partial charge in [0.2, 0.25) is 5.95 Å². The van der Waals surface area contributed by atoms with Crippen LogP contribution in [-0.2, 0) is 12.8 Å². The van der Waals surface area contributed by atoms with Crippen molar-refractivity contribution in [2.75, 3.05) is 18.1 Å². The fourth-order valence-electron chi connectivity index (χ4n) is 4.63. The Bertz CT molecular complexity index is 1220. The van der Waals surface area contributed by atoms with E-state index in [2.05, 4.69) is 78.2 Å². The quantitative estimate of drug-likeness (QED) is 0.480. The number of rotatable bonds is 2. The first kappa shape index (κ1) is 17.0. The van der Waals surface area contributed by atoms with E-state index in [0.717, 1.165) is 42.2 Å². The van der Waals surface area contributed by atoms with E-state index in [1.165, 1.54) is 33.3 Å². The summed E-state index contributed by atoms with van der Waals surface area (Å²) in [7, 11) is 0. The highest BCUT2D eigenvalue weighted by molar-refractivity contribution is 9.10. The molecule has 144 valence electrons. The zero-order valence-corrected chi connectivity index (χ0v) is 17.3. The molecule has 4 heterocycles. The van der Waals surface area contributed by atoms with E-state index in [1.807, 2.05) is 12.4 Å². The molecule has 0 saturated heterocycles. The third-order valence-electron chi connectivity index (χ3n) is 5.93. The van der Waals surface area contributed by atoms with E-state index in [1.54, 1.807) is 0 Å². The lowest BCUT2D eigenvalue weighted by Gasteiger charge is -2.36. The van der Waals surface area contributed by atoms with Crippen molar-refractivity contribution in [3.05, 3.63) is 81.7 Å². The van der Waals surface area contributed by atoms with Crippen molar-refractivity contribution in [2.45, 2.75) is 18.9 Å². The molecule has 6 heteroatoms. The smallest absolute Gasteiger partial charge is 0.226 e. The van der Waals surface area contributed by atoms with Crippen LogP contribution in [0.25, 0.3) is 10.9 Å². The maximum Gasteiger partial charge on any atom is 0.226 e. The Morgan fingerprint density at radius 1 is 1.07 bits per heavy atom. The number of nitrogens with zero attached hydrogens (tertiary/aromatic N) is 3. The van der Waals surface area contributed by atoms with Crippen LogP contribution in [0.4, 0.5) is 5.95 Å². The summed E-state index contributed by atoms with van der Waals surface area (Å²) in [5.41, 5.74) is 6.35. The lowest BCUT2D eigenvalue weighted by molar-refractivity contribution is 0.357. The number of halogens is 1. The van der Waals surface area contributed by atoms with Crippen LogP contribution in [-0.4, -0.2) is 28.1 Å². The number of para-hydroxylation sites is 1. The number of nitrogens with one attached hydrogen (secondary N) is 1. The third kappa shape index (κ3) is 2.74. The summed E-state index contributed by atoms with van der Waals surface area (Å²) in [5, 5.41) is 1.31. The molecular weight excluding hydrogens is 428 g/mol. The number of benzene rings is 2. The van der Waals surface area contributed by atoms with Crippen molar-refractivity contribution >= 4 is 32.8 Å². The number of fused-ring (bicyclic) bond motifs is 4. The number of ether oxygens (including phenoxy) is 1. The van der Waals surface area contributed by atoms with Crippen LogP contribution < -0.4 is 9.64 Å². The van der Waals surface area contributed by atoms with Gasteiger partial charge in [0.25, 0.3) is 0 Å². The summed E-state index contributed by atoms with van der Waals surface area (Å²) >= 11 is 3.45. The van der Waals surface area contributed by atoms with Gasteiger partial charge < -0.3 is 14.6 Å². The van der Waals surface area contributed by atoms with Gasteiger partial charge >= 0.3 is 0 Å². The van der Waals surface area contributed by atoms with E-state index in [0.29, 0.717) is 0 Å². The van der Waals surface area contributed by atoms with E-state index >= 15 is 0 Å². The summed E-state index contributed by atoms with van der Waals surface area (Å²) < 4.78 is 6.62. The molecule has 1 N–H and O–H groups in total. The minimum atomic E-state index is 0.0400. The maximum atomic E-state index is 5.73. The van der Waals surface area contributed by atoms with Crippen molar-refractivity contribution in [3.8, 4) is 5.75 Å². The Morgan fingerprint density at radius 3 is 2.83 bits per heavy atom. The van der Waals surface area contributed by atoms with Crippen molar-refractivity contribution < 1.29 is 4.74 Å². The molecule has 2 aromatic heterocycles. The minimum Gasteiger partial charge on any atom is -0.493 e. The Balaban J connectivity index is 1.55. The van der Waals surface area contributed by atoms with Crippen LogP contribution in [0.1, 0.15) is 28.4 Å². The van der Waals surface area contributed by atoms with Gasteiger partial charge in [-0.2, -0.15) is 0 Å². The molecule has 2 aliphatic rings. The Labute approximate surface area is 176 Å². The van der Waals surface area contributed by atoms with E-state index in [9.17, 15) is 0 Å². The molecule has 0 fully saturated rings. The first-order valence-corrected chi connectivity index (χ1v) is 10.7. The predicted octanol–water partition coefficient (Wildman–Crippen LogP) is 4.81. The van der Waals surface area contributed by atoms with E-state index < -0.39 is 0 Å². The Kier molecular flexibility index (Phi) is 3.87. The lowest BCUT2D eigenvalue weighted by Crippen LogP contribution is -2.37. The molecule has 0 amide bonds. The second-order valence-electron chi connectivity index (χ2n) is 7.58. The molecule has 0 saturated carbocycles. The lowest BCUT2D eigenvalue weighted by atomic mass is 9.91. The summed E-state index contributed by atoms with van der Waals surface area (Å²) in [4.78, 5) is 15.2. The summed E-state index contributed by atoms with van der Waals surface area (Å²) in [5.74, 6) is 1.76. The molecule has 5 nitrogen and oxygen atoms in total. The van der Waals surface area contributed by atoms with Crippen molar-refractivity contribution in [1.82, 2.24) is 15.0 Å². The molecule has 0 bridgehead atoms. The molecule has 1 atom stereocenters. The Morgan fingerprint density at radius 2 is 1.93 bits per heavy atom. The average molecular weight is 447 g/mol. The molecule has 2 aliphatic heterocycles. The fraction of sp³-hybridized carbons (Fsp3) is 0.217. The van der Waals surface area contributed by atoms with Crippen LogP contribution in [0.2, 0.25) is 0 Å². The molecular formula is C23H19BrN4O. The SMILES string of the molecule is Brc1cnc(N2CCc3c([nH]c4ccccc34)C2c2ccc3c(c2)CCO3)nc1. The van der Waals surface area contributed by atoms with Crippen LogP contribution in [0, 0.1) is 0 Å². The van der Waals surface area contributed by atoms with Crippen LogP contribution >= 0.6 is 15.9 Å². The summed E-state index contributed by atoms with van der Waals surface area (Å²) in [6.45, 7) is 1.63. The molecule has 0 radical (unpaired) electrons. The van der Waals surface area contributed by atoms with Gasteiger partial charge in [-0.05, 0) is 57.2 Å². The second-order valence-corrected chi connectivity index (χ2v) is 8.49. The van der Waals surface area contributed by atoms with Gasteiger partial charge in [-0.3, -0.25) is 0 Å². The fourth-order valence-corrected chi connectivity index (χ4v) is 4.84. The molecule has 0 spiro atoms. The van der Waals surface area contributed by atoms with Gasteiger partial charge in [-0.1, -0.05) is 24.3 Å². The van der Waals surface area contributed by atoms with E-state index in [-0.39, 0.29) is 6.04 Å². The first-order chi connectivity index (χ1) is 14.3. The molecule has 0 aliphatic carbocycles. The van der Waals surface area contributed by atoms with Crippen molar-refractivity contribution in [3.63, 3.8) is 0 Å². The number of anilines is 1. The number of H-pyrrole nitrogens is 1. The topological polar surface area (TPSA) is 54.0 Å². The van der Waals surface area contributed by atoms with Crippen molar-refractivity contribution in [2.24, 2.45) is 0 Å². The van der Waals surface area contributed by atoms with Gasteiger partial charge in [0, 0.05) is 42.0 Å². The van der Waals surface area contributed by atoms with E-state index in [4.69, 9.17) is 4.74 Å². The summed E-state index contributed by atoms with van der Waals surface area (Å²) in [6.07, 6.45) is 5.56. The van der Waals surface area contributed by atoms with Gasteiger partial charge in [0.05, 0.1) is 17.1 Å². The number of aromatic amines is 1. The highest BCUT2D eigenvalue weighted by Gasteiger charge is 2.33. The normalized spacial score (nSPS) is 17.8. The first-order valence-electron chi connectivity index (χ1n) is 9.87. The zero-order chi connectivity index (χ0) is 19.4. The molecule has 29 heavy (non-hydrogen) atoms. The molecule has 6 rings (SSSR count). The largest absolute Gasteiger partial charge is 0.493 e. The third-order valence-corrected chi connectivity index (χ3v) is 6.34. The van der Waals surface area contributed by atoms with Gasteiger partial charge in [-0.25, -0.2) is 9.97 Å². The van der Waals surface area contributed by atoms with Crippen LogP contribution in [0.5, 0.6) is 5.75 Å². The number of hydrogen-bond donors (Lipinski definition) is 1. The second kappa shape index (κ2) is 6.59. The van der Waals surface area contributed by atoms with Gasteiger partial charge in [-0.15, -0.1) is 0 Å². The monoisotopic (exact) mass is 446 g/mol.